The molecule has 0 saturated heterocycles. The molecule has 1 atom stereocenters. The Balaban J connectivity index is 2.12. The monoisotopic (exact) mass is 365 g/mol. The molecule has 0 aliphatic heterocycles. The normalized spacial score (nSPS) is 11.7. The second kappa shape index (κ2) is 8.30. The lowest BCUT2D eigenvalue weighted by Gasteiger charge is -2.15. The Bertz CT molecular complexity index is 803. The fourth-order valence-electron chi connectivity index (χ4n) is 2.30. The maximum atomic E-state index is 11.8. The minimum Gasteiger partial charge on any atom is -0.497 e. The van der Waals surface area contributed by atoms with Crippen molar-refractivity contribution < 1.29 is 29.0 Å². The van der Waals surface area contributed by atoms with Gasteiger partial charge in [-0.15, -0.1) is 0 Å². The molecule has 10 heteroatoms. The van der Waals surface area contributed by atoms with Gasteiger partial charge in [-0.05, 0) is 17.1 Å². The van der Waals surface area contributed by atoms with Gasteiger partial charge in [-0.3, -0.25) is 0 Å². The van der Waals surface area contributed by atoms with Crippen molar-refractivity contribution in [3.63, 3.8) is 0 Å². The molecule has 0 unspecified atom stereocenters. The average molecular weight is 365 g/mol. The molecule has 0 spiro atoms. The highest BCUT2D eigenvalue weighted by Gasteiger charge is 2.22. The summed E-state index contributed by atoms with van der Waals surface area (Å²) in [6.07, 6.45) is 0.0543. The van der Waals surface area contributed by atoms with Crippen LogP contribution in [0.2, 0.25) is 0 Å². The number of aryl methyl sites for hydroxylation is 1. The molecule has 0 radical (unpaired) electrons. The van der Waals surface area contributed by atoms with Crippen molar-refractivity contribution in [3.8, 4) is 11.5 Å². The number of imidazole rings is 1. The second-order valence-corrected chi connectivity index (χ2v) is 5.35. The first-order valence-corrected chi connectivity index (χ1v) is 7.61. The van der Waals surface area contributed by atoms with Crippen LogP contribution in [0, 0.1) is 17.0 Å². The first kappa shape index (κ1) is 19.2. The Labute approximate surface area is 149 Å². The fraction of sp³-hybridized carbons (Fsp3) is 0.375. The summed E-state index contributed by atoms with van der Waals surface area (Å²) in [4.78, 5) is 26.1. The molecule has 0 aliphatic rings. The molecule has 1 aromatic heterocycles. The lowest BCUT2D eigenvalue weighted by Crippen LogP contribution is -2.25. The predicted molar refractivity (Wildman–Crippen MR) is 89.5 cm³/mol. The van der Waals surface area contributed by atoms with Crippen LogP contribution >= 0.6 is 0 Å². The Hall–Kier alpha value is -3.14. The molecule has 10 nitrogen and oxygen atoms in total. The lowest BCUT2D eigenvalue weighted by molar-refractivity contribution is -0.392. The zero-order chi connectivity index (χ0) is 19.3. The molecule has 0 fully saturated rings. The van der Waals surface area contributed by atoms with Crippen LogP contribution in [0.3, 0.4) is 0 Å². The van der Waals surface area contributed by atoms with E-state index in [0.717, 1.165) is 6.20 Å². The van der Waals surface area contributed by atoms with Crippen LogP contribution in [0.4, 0.5) is 5.82 Å². The van der Waals surface area contributed by atoms with E-state index >= 15 is 0 Å². The average Bonchev–Trinajstić information content (AvgIpc) is 2.99. The molecule has 0 saturated carbocycles. The van der Waals surface area contributed by atoms with Crippen molar-refractivity contribution in [1.29, 1.82) is 0 Å². The van der Waals surface area contributed by atoms with Gasteiger partial charge in [0.2, 0.25) is 0 Å². The van der Waals surface area contributed by atoms with Gasteiger partial charge in [-0.1, -0.05) is 0 Å². The van der Waals surface area contributed by atoms with Gasteiger partial charge in [0.15, 0.2) is 5.82 Å². The van der Waals surface area contributed by atoms with Crippen molar-refractivity contribution in [2.24, 2.45) is 0 Å². The summed E-state index contributed by atoms with van der Waals surface area (Å²) in [5.74, 6) is 0.208. The van der Waals surface area contributed by atoms with Crippen molar-refractivity contribution >= 4 is 11.8 Å². The fourth-order valence-corrected chi connectivity index (χ4v) is 2.30. The largest absolute Gasteiger partial charge is 0.497 e. The van der Waals surface area contributed by atoms with Gasteiger partial charge in [0, 0.05) is 13.0 Å². The number of hydrogen-bond acceptors (Lipinski definition) is 8. The minimum atomic E-state index is -1.07. The van der Waals surface area contributed by atoms with Gasteiger partial charge in [0.05, 0.1) is 14.2 Å². The summed E-state index contributed by atoms with van der Waals surface area (Å²) in [7, 11) is 2.71. The van der Waals surface area contributed by atoms with Crippen LogP contribution in [0.15, 0.2) is 24.4 Å². The van der Waals surface area contributed by atoms with E-state index < -0.39 is 17.0 Å². The third-order valence-corrected chi connectivity index (χ3v) is 3.64. The number of methoxy groups -OCH3 is 2. The van der Waals surface area contributed by atoms with Gasteiger partial charge in [-0.2, -0.15) is 0 Å². The smallest absolute Gasteiger partial charge is 0.342 e. The lowest BCUT2D eigenvalue weighted by atomic mass is 10.2. The number of rotatable bonds is 8. The standard InChI is InChI=1S/C16H19N3O7/c1-10-17-7-15(19(22)23)18(10)8-11(20)9-26-14-6-12(24-2)4-5-13(14)16(21)25-3/h4-7,11,20H,8-9H2,1-3H3/t11-/m1/s1. The number of aliphatic hydroxyl groups excluding tert-OH is 1. The van der Waals surface area contributed by atoms with E-state index in [0.29, 0.717) is 11.6 Å². The predicted octanol–water partition coefficient (Wildman–Crippen LogP) is 1.33. The number of carbonyl (C=O) groups is 1. The van der Waals surface area contributed by atoms with Crippen molar-refractivity contribution in [3.05, 3.63) is 45.9 Å². The summed E-state index contributed by atoms with van der Waals surface area (Å²) < 4.78 is 16.6. The van der Waals surface area contributed by atoms with Gasteiger partial charge >= 0.3 is 11.8 Å². The molecule has 140 valence electrons. The van der Waals surface area contributed by atoms with E-state index in [4.69, 9.17) is 14.2 Å². The van der Waals surface area contributed by atoms with Crippen LogP contribution in [0.5, 0.6) is 11.5 Å². The van der Waals surface area contributed by atoms with E-state index in [1.807, 2.05) is 0 Å². The Morgan fingerprint density at radius 3 is 2.77 bits per heavy atom. The Morgan fingerprint density at radius 2 is 2.15 bits per heavy atom. The molecule has 2 aromatic rings. The maximum absolute atomic E-state index is 11.8. The van der Waals surface area contributed by atoms with Crippen molar-refractivity contribution in [2.75, 3.05) is 20.8 Å². The van der Waals surface area contributed by atoms with E-state index in [1.165, 1.54) is 30.9 Å². The molecule has 1 N–H and O–H groups in total. The number of aliphatic hydroxyl groups is 1. The topological polar surface area (TPSA) is 126 Å². The maximum Gasteiger partial charge on any atom is 0.342 e. The van der Waals surface area contributed by atoms with E-state index in [2.05, 4.69) is 4.98 Å². The van der Waals surface area contributed by atoms with E-state index in [9.17, 15) is 20.0 Å². The molecule has 1 heterocycles. The molecule has 26 heavy (non-hydrogen) atoms. The molecule has 0 bridgehead atoms. The third kappa shape index (κ3) is 4.28. The van der Waals surface area contributed by atoms with Gasteiger partial charge in [-0.25, -0.2) is 14.3 Å². The quantitative estimate of drug-likeness (QED) is 0.422. The number of carbonyl (C=O) groups excluding carboxylic acids is 1. The van der Waals surface area contributed by atoms with Crippen LogP contribution in [0.25, 0.3) is 0 Å². The first-order chi connectivity index (χ1) is 12.4. The number of esters is 1. The highest BCUT2D eigenvalue weighted by molar-refractivity contribution is 5.92. The number of aromatic nitrogens is 2. The highest BCUT2D eigenvalue weighted by Crippen LogP contribution is 2.26. The molecular weight excluding hydrogens is 346 g/mol. The van der Waals surface area contributed by atoms with Crippen LogP contribution in [0.1, 0.15) is 16.2 Å². The van der Waals surface area contributed by atoms with E-state index in [1.54, 1.807) is 13.0 Å². The zero-order valence-corrected chi connectivity index (χ0v) is 14.5. The molecular formula is C16H19N3O7. The molecule has 0 amide bonds. The number of ether oxygens (including phenoxy) is 3. The first-order valence-electron chi connectivity index (χ1n) is 7.61. The Kier molecular flexibility index (Phi) is 6.12. The molecule has 2 rings (SSSR count). The summed E-state index contributed by atoms with van der Waals surface area (Å²) in [6, 6.07) is 4.55. The van der Waals surface area contributed by atoms with Crippen LogP contribution in [-0.4, -0.2) is 52.5 Å². The summed E-state index contributed by atoms with van der Waals surface area (Å²) in [6.45, 7) is 1.31. The third-order valence-electron chi connectivity index (χ3n) is 3.64. The number of hydrogen-bond donors (Lipinski definition) is 1. The van der Waals surface area contributed by atoms with Crippen LogP contribution in [-0.2, 0) is 11.3 Å². The summed E-state index contributed by atoms with van der Waals surface area (Å²) in [5.41, 5.74) is 0.172. The van der Waals surface area contributed by atoms with Gasteiger partial charge < -0.3 is 29.4 Å². The van der Waals surface area contributed by atoms with Crippen LogP contribution < -0.4 is 9.47 Å². The highest BCUT2D eigenvalue weighted by atomic mass is 16.6. The van der Waals surface area contributed by atoms with E-state index in [-0.39, 0.29) is 30.3 Å². The van der Waals surface area contributed by atoms with Crippen molar-refractivity contribution in [1.82, 2.24) is 9.55 Å². The molecule has 1 aromatic carbocycles. The SMILES string of the molecule is COC(=O)c1ccc(OC)cc1OC[C@H](O)Cn1c([N+](=O)[O-])cnc1C. The zero-order valence-electron chi connectivity index (χ0n) is 14.5. The van der Waals surface area contributed by atoms with Gasteiger partial charge in [0.25, 0.3) is 0 Å². The molecule has 0 aliphatic carbocycles. The number of nitro groups is 1. The van der Waals surface area contributed by atoms with Gasteiger partial charge in [0.1, 0.15) is 42.5 Å². The van der Waals surface area contributed by atoms with Crippen molar-refractivity contribution in [2.45, 2.75) is 19.6 Å². The summed E-state index contributed by atoms with van der Waals surface area (Å²) >= 11 is 0. The second-order valence-electron chi connectivity index (χ2n) is 5.35. The number of benzene rings is 1. The minimum absolute atomic E-state index is 0.0837. The number of nitrogens with zero attached hydrogens (tertiary/aromatic N) is 3. The Morgan fingerprint density at radius 1 is 1.42 bits per heavy atom. The summed E-state index contributed by atoms with van der Waals surface area (Å²) in [5, 5.41) is 21.2.